The molecule has 0 heterocycles. The lowest BCUT2D eigenvalue weighted by molar-refractivity contribution is 0.139. The fourth-order valence-corrected chi connectivity index (χ4v) is 1.80. The summed E-state index contributed by atoms with van der Waals surface area (Å²) in [7, 11) is 0. The van der Waals surface area contributed by atoms with Crippen molar-refractivity contribution in [1.82, 2.24) is 5.32 Å². The van der Waals surface area contributed by atoms with Gasteiger partial charge in [-0.05, 0) is 57.4 Å². The van der Waals surface area contributed by atoms with Crippen molar-refractivity contribution in [3.63, 3.8) is 0 Å². The van der Waals surface area contributed by atoms with E-state index >= 15 is 0 Å². The van der Waals surface area contributed by atoms with Crippen LogP contribution < -0.4 is 10.1 Å². The molecule has 0 aliphatic heterocycles. The van der Waals surface area contributed by atoms with Crippen LogP contribution in [0.15, 0.2) is 18.2 Å². The summed E-state index contributed by atoms with van der Waals surface area (Å²) in [4.78, 5) is 0. The second kappa shape index (κ2) is 6.62. The van der Waals surface area contributed by atoms with Crippen LogP contribution in [0.1, 0.15) is 40.2 Å². The Bertz CT molecular complexity index is 410. The van der Waals surface area contributed by atoms with E-state index in [0.717, 1.165) is 22.9 Å². The zero-order chi connectivity index (χ0) is 14.6. The highest BCUT2D eigenvalue weighted by molar-refractivity contribution is 6.31. The van der Waals surface area contributed by atoms with Crippen LogP contribution in [0.2, 0.25) is 5.02 Å². The van der Waals surface area contributed by atoms with E-state index in [1.165, 1.54) is 0 Å². The normalized spacial score (nSPS) is 13.7. The van der Waals surface area contributed by atoms with Gasteiger partial charge in [0.1, 0.15) is 11.9 Å². The lowest BCUT2D eigenvalue weighted by Gasteiger charge is -2.28. The summed E-state index contributed by atoms with van der Waals surface area (Å²) in [5.74, 6) is 1.34. The first-order valence-electron chi connectivity index (χ1n) is 6.87. The van der Waals surface area contributed by atoms with Crippen molar-refractivity contribution in [2.75, 3.05) is 6.54 Å². The zero-order valence-corrected chi connectivity index (χ0v) is 13.6. The molecular weight excluding hydrogens is 258 g/mol. The zero-order valence-electron chi connectivity index (χ0n) is 12.9. The molecule has 1 atom stereocenters. The van der Waals surface area contributed by atoms with Gasteiger partial charge in [-0.25, -0.2) is 0 Å². The summed E-state index contributed by atoms with van der Waals surface area (Å²) in [6.45, 7) is 13.7. The predicted molar refractivity (Wildman–Crippen MR) is 83.2 cm³/mol. The highest BCUT2D eigenvalue weighted by atomic mass is 35.5. The van der Waals surface area contributed by atoms with E-state index in [2.05, 4.69) is 39.9 Å². The van der Waals surface area contributed by atoms with E-state index < -0.39 is 0 Å². The molecule has 2 nitrogen and oxygen atoms in total. The van der Waals surface area contributed by atoms with Gasteiger partial charge in [0, 0.05) is 17.1 Å². The van der Waals surface area contributed by atoms with Crippen LogP contribution in [0.3, 0.4) is 0 Å². The number of halogens is 1. The lowest BCUT2D eigenvalue weighted by atomic mass is 10.0. The molecule has 0 bridgehead atoms. The highest BCUT2D eigenvalue weighted by Crippen LogP contribution is 2.23. The van der Waals surface area contributed by atoms with Gasteiger partial charge in [0.25, 0.3) is 0 Å². The first-order valence-corrected chi connectivity index (χ1v) is 7.24. The van der Waals surface area contributed by atoms with E-state index in [9.17, 15) is 0 Å². The van der Waals surface area contributed by atoms with Gasteiger partial charge in [-0.2, -0.15) is 0 Å². The number of rotatable bonds is 5. The minimum Gasteiger partial charge on any atom is -0.489 e. The first kappa shape index (κ1) is 16.3. The summed E-state index contributed by atoms with van der Waals surface area (Å²) in [5, 5.41) is 4.28. The van der Waals surface area contributed by atoms with Crippen LogP contribution in [0.4, 0.5) is 0 Å². The van der Waals surface area contributed by atoms with Crippen molar-refractivity contribution >= 4 is 11.6 Å². The third-order valence-electron chi connectivity index (χ3n) is 2.99. The van der Waals surface area contributed by atoms with Crippen molar-refractivity contribution in [1.29, 1.82) is 0 Å². The second-order valence-corrected chi connectivity index (χ2v) is 6.85. The molecule has 0 aromatic heterocycles. The van der Waals surface area contributed by atoms with E-state index in [-0.39, 0.29) is 11.6 Å². The molecule has 0 saturated carbocycles. The molecule has 1 unspecified atom stereocenters. The third-order valence-corrected chi connectivity index (χ3v) is 3.42. The highest BCUT2D eigenvalue weighted by Gasteiger charge is 2.18. The fourth-order valence-electron chi connectivity index (χ4n) is 1.69. The number of nitrogens with one attached hydrogen (secondary N) is 1. The second-order valence-electron chi connectivity index (χ2n) is 6.44. The molecule has 19 heavy (non-hydrogen) atoms. The topological polar surface area (TPSA) is 21.3 Å². The van der Waals surface area contributed by atoms with Gasteiger partial charge in [0.15, 0.2) is 0 Å². The van der Waals surface area contributed by atoms with E-state index in [1.54, 1.807) is 0 Å². The van der Waals surface area contributed by atoms with Gasteiger partial charge >= 0.3 is 0 Å². The van der Waals surface area contributed by atoms with Crippen molar-refractivity contribution in [2.45, 2.75) is 53.2 Å². The van der Waals surface area contributed by atoms with Crippen LogP contribution in [0.25, 0.3) is 0 Å². The number of hydrogen-bond donors (Lipinski definition) is 1. The van der Waals surface area contributed by atoms with Gasteiger partial charge in [0.05, 0.1) is 0 Å². The number of ether oxygens (including phenoxy) is 1. The Balaban J connectivity index is 2.70. The molecule has 3 heteroatoms. The quantitative estimate of drug-likeness (QED) is 0.862. The van der Waals surface area contributed by atoms with Crippen molar-refractivity contribution in [3.05, 3.63) is 28.8 Å². The smallest absolute Gasteiger partial charge is 0.120 e. The molecule has 0 fully saturated rings. The van der Waals surface area contributed by atoms with Crippen LogP contribution in [0.5, 0.6) is 5.75 Å². The number of aryl methyl sites for hydroxylation is 1. The Labute approximate surface area is 122 Å². The molecule has 0 radical (unpaired) electrons. The molecule has 108 valence electrons. The molecule has 0 amide bonds. The molecule has 1 aromatic rings. The van der Waals surface area contributed by atoms with E-state index in [4.69, 9.17) is 16.3 Å². The van der Waals surface area contributed by atoms with Crippen molar-refractivity contribution in [2.24, 2.45) is 5.92 Å². The molecule has 1 aromatic carbocycles. The SMILES string of the molecule is Cc1cc(OC(CNC(C)(C)C)C(C)C)ccc1Cl. The third kappa shape index (κ3) is 5.84. The first-order chi connectivity index (χ1) is 8.69. The van der Waals surface area contributed by atoms with Gasteiger partial charge in [-0.1, -0.05) is 25.4 Å². The van der Waals surface area contributed by atoms with Crippen LogP contribution >= 0.6 is 11.6 Å². The molecule has 1 rings (SSSR count). The van der Waals surface area contributed by atoms with Crippen molar-refractivity contribution in [3.8, 4) is 5.75 Å². The number of benzene rings is 1. The summed E-state index contributed by atoms with van der Waals surface area (Å²) in [5.41, 5.74) is 1.15. The largest absolute Gasteiger partial charge is 0.489 e. The summed E-state index contributed by atoms with van der Waals surface area (Å²) in [6, 6.07) is 5.82. The van der Waals surface area contributed by atoms with Crippen LogP contribution in [-0.4, -0.2) is 18.2 Å². The molecule has 0 saturated heterocycles. The standard InChI is InChI=1S/C16H26ClNO/c1-11(2)15(10-18-16(4,5)6)19-13-7-8-14(17)12(3)9-13/h7-9,11,15,18H,10H2,1-6H3. The van der Waals surface area contributed by atoms with Crippen LogP contribution in [0, 0.1) is 12.8 Å². The number of hydrogen-bond acceptors (Lipinski definition) is 2. The average molecular weight is 284 g/mol. The molecule has 0 spiro atoms. The molecule has 1 N–H and O–H groups in total. The Kier molecular flexibility index (Phi) is 5.69. The maximum absolute atomic E-state index is 6.09. The van der Waals surface area contributed by atoms with Crippen LogP contribution in [-0.2, 0) is 0 Å². The van der Waals surface area contributed by atoms with Gasteiger partial charge in [0.2, 0.25) is 0 Å². The Morgan fingerprint density at radius 3 is 2.37 bits per heavy atom. The molecule has 0 aliphatic rings. The van der Waals surface area contributed by atoms with Crippen molar-refractivity contribution < 1.29 is 4.74 Å². The Morgan fingerprint density at radius 2 is 1.89 bits per heavy atom. The Hall–Kier alpha value is -0.730. The maximum atomic E-state index is 6.09. The van der Waals surface area contributed by atoms with Gasteiger partial charge in [-0.3, -0.25) is 0 Å². The summed E-state index contributed by atoms with van der Waals surface area (Å²) < 4.78 is 6.09. The van der Waals surface area contributed by atoms with Gasteiger partial charge < -0.3 is 10.1 Å². The average Bonchev–Trinajstić information content (AvgIpc) is 2.27. The summed E-state index contributed by atoms with van der Waals surface area (Å²) in [6.07, 6.45) is 0.153. The molecular formula is C16H26ClNO. The van der Waals surface area contributed by atoms with Gasteiger partial charge in [-0.15, -0.1) is 0 Å². The minimum atomic E-state index is 0.104. The van der Waals surface area contributed by atoms with E-state index in [1.807, 2.05) is 25.1 Å². The lowest BCUT2D eigenvalue weighted by Crippen LogP contribution is -2.44. The minimum absolute atomic E-state index is 0.104. The van der Waals surface area contributed by atoms with E-state index in [0.29, 0.717) is 5.92 Å². The maximum Gasteiger partial charge on any atom is 0.120 e. The molecule has 0 aliphatic carbocycles. The fraction of sp³-hybridized carbons (Fsp3) is 0.625. The predicted octanol–water partition coefficient (Wildman–Crippen LogP) is 4.44. The Morgan fingerprint density at radius 1 is 1.26 bits per heavy atom. The summed E-state index contributed by atoms with van der Waals surface area (Å²) >= 11 is 6.03. The monoisotopic (exact) mass is 283 g/mol.